The summed E-state index contributed by atoms with van der Waals surface area (Å²) in [7, 11) is 0. The smallest absolute Gasteiger partial charge is 0.344 e. The topological polar surface area (TPSA) is 81.7 Å². The van der Waals surface area contributed by atoms with Gasteiger partial charge in [-0.25, -0.2) is 4.79 Å². The Morgan fingerprint density at radius 3 is 2.65 bits per heavy atom. The first-order valence-electron chi connectivity index (χ1n) is 7.87. The van der Waals surface area contributed by atoms with Crippen LogP contribution in [0, 0.1) is 0 Å². The standard InChI is InChI=1S/C19H18ClNO5/c1-13(14-6-4-7-16(20)9-14)21-18(23)11-26-19(24)12-25-17-8-3-2-5-15(17)10-22/h2-10,13H,11-12H2,1H3,(H,21,23)/t13-/m1/s1. The van der Waals surface area contributed by atoms with Crippen LogP contribution in [0.3, 0.4) is 0 Å². The number of rotatable bonds is 8. The van der Waals surface area contributed by atoms with Gasteiger partial charge in [-0.2, -0.15) is 0 Å². The molecule has 0 fully saturated rings. The molecule has 0 bridgehead atoms. The van der Waals surface area contributed by atoms with E-state index < -0.39 is 25.1 Å². The number of aldehydes is 1. The largest absolute Gasteiger partial charge is 0.481 e. The molecule has 0 aromatic heterocycles. The maximum atomic E-state index is 11.9. The van der Waals surface area contributed by atoms with Gasteiger partial charge in [0.1, 0.15) is 5.75 Å². The second-order valence-corrected chi connectivity index (χ2v) is 5.89. The number of benzene rings is 2. The lowest BCUT2D eigenvalue weighted by molar-refractivity contribution is -0.150. The summed E-state index contributed by atoms with van der Waals surface area (Å²) in [6.45, 7) is 0.968. The molecule has 1 atom stereocenters. The van der Waals surface area contributed by atoms with E-state index in [0.29, 0.717) is 16.9 Å². The Kier molecular flexibility index (Phi) is 7.17. The van der Waals surface area contributed by atoms with Crippen molar-refractivity contribution in [1.29, 1.82) is 0 Å². The van der Waals surface area contributed by atoms with Gasteiger partial charge in [-0.1, -0.05) is 35.9 Å². The highest BCUT2D eigenvalue weighted by Gasteiger charge is 2.13. The number of nitrogens with one attached hydrogen (secondary N) is 1. The zero-order valence-corrected chi connectivity index (χ0v) is 14.9. The van der Waals surface area contributed by atoms with Crippen molar-refractivity contribution in [3.63, 3.8) is 0 Å². The van der Waals surface area contributed by atoms with Gasteiger partial charge in [-0.3, -0.25) is 9.59 Å². The number of ether oxygens (including phenoxy) is 2. The number of halogens is 1. The molecule has 0 unspecified atom stereocenters. The Hall–Kier alpha value is -2.86. The number of carbonyl (C=O) groups is 3. The van der Waals surface area contributed by atoms with E-state index in [1.54, 1.807) is 49.4 Å². The normalized spacial score (nSPS) is 11.3. The van der Waals surface area contributed by atoms with Crippen LogP contribution in [-0.4, -0.2) is 31.4 Å². The van der Waals surface area contributed by atoms with Gasteiger partial charge in [0, 0.05) is 5.02 Å². The predicted octanol–water partition coefficient (Wildman–Crippen LogP) is 2.95. The second kappa shape index (κ2) is 9.58. The quantitative estimate of drug-likeness (QED) is 0.566. The minimum Gasteiger partial charge on any atom is -0.481 e. The molecule has 0 aliphatic heterocycles. The fourth-order valence-corrected chi connectivity index (χ4v) is 2.37. The monoisotopic (exact) mass is 375 g/mol. The lowest BCUT2D eigenvalue weighted by atomic mass is 10.1. The van der Waals surface area contributed by atoms with E-state index in [1.807, 2.05) is 6.07 Å². The summed E-state index contributed by atoms with van der Waals surface area (Å²) < 4.78 is 10.1. The number of hydrogen-bond acceptors (Lipinski definition) is 5. The van der Waals surface area contributed by atoms with Crippen molar-refractivity contribution in [3.8, 4) is 5.75 Å². The summed E-state index contributed by atoms with van der Waals surface area (Å²) >= 11 is 5.92. The van der Waals surface area contributed by atoms with Crippen LogP contribution < -0.4 is 10.1 Å². The van der Waals surface area contributed by atoms with E-state index in [9.17, 15) is 14.4 Å². The second-order valence-electron chi connectivity index (χ2n) is 5.45. The molecule has 2 aromatic rings. The zero-order valence-electron chi connectivity index (χ0n) is 14.1. The van der Waals surface area contributed by atoms with Crippen molar-refractivity contribution in [2.75, 3.05) is 13.2 Å². The molecule has 0 radical (unpaired) electrons. The minimum atomic E-state index is -0.712. The van der Waals surface area contributed by atoms with Crippen molar-refractivity contribution in [3.05, 3.63) is 64.7 Å². The number of para-hydroxylation sites is 1. The van der Waals surface area contributed by atoms with Gasteiger partial charge in [-0.15, -0.1) is 0 Å². The molecule has 0 saturated heterocycles. The van der Waals surface area contributed by atoms with E-state index >= 15 is 0 Å². The molecule has 2 aromatic carbocycles. The molecule has 0 aliphatic carbocycles. The van der Waals surface area contributed by atoms with Crippen molar-refractivity contribution in [1.82, 2.24) is 5.32 Å². The van der Waals surface area contributed by atoms with Gasteiger partial charge in [0.15, 0.2) is 19.5 Å². The fourth-order valence-electron chi connectivity index (χ4n) is 2.18. The van der Waals surface area contributed by atoms with E-state index in [0.717, 1.165) is 5.56 Å². The van der Waals surface area contributed by atoms with E-state index in [2.05, 4.69) is 5.32 Å². The molecule has 1 amide bonds. The Labute approximate surface area is 156 Å². The first kappa shape index (κ1) is 19.5. The molecule has 0 heterocycles. The SMILES string of the molecule is C[C@@H](NC(=O)COC(=O)COc1ccccc1C=O)c1cccc(Cl)c1. The number of hydrogen-bond donors (Lipinski definition) is 1. The number of esters is 1. The molecule has 1 N–H and O–H groups in total. The molecule has 0 saturated carbocycles. The third-order valence-electron chi connectivity index (χ3n) is 3.48. The van der Waals surface area contributed by atoms with Gasteiger partial charge in [-0.05, 0) is 36.8 Å². The van der Waals surface area contributed by atoms with Gasteiger partial charge >= 0.3 is 5.97 Å². The molecule has 136 valence electrons. The van der Waals surface area contributed by atoms with Crippen LogP contribution in [0.2, 0.25) is 5.02 Å². The highest BCUT2D eigenvalue weighted by atomic mass is 35.5. The summed E-state index contributed by atoms with van der Waals surface area (Å²) in [6, 6.07) is 13.3. The van der Waals surface area contributed by atoms with Crippen LogP contribution >= 0.6 is 11.6 Å². The third-order valence-corrected chi connectivity index (χ3v) is 3.72. The van der Waals surface area contributed by atoms with Crippen molar-refractivity contribution < 1.29 is 23.9 Å². The summed E-state index contributed by atoms with van der Waals surface area (Å²) in [5.74, 6) is -0.881. The van der Waals surface area contributed by atoms with E-state index in [4.69, 9.17) is 21.1 Å². The van der Waals surface area contributed by atoms with Gasteiger partial charge in [0.2, 0.25) is 0 Å². The third kappa shape index (κ3) is 5.89. The lowest BCUT2D eigenvalue weighted by Crippen LogP contribution is -2.32. The molecular weight excluding hydrogens is 358 g/mol. The summed E-state index contributed by atoms with van der Waals surface area (Å²) in [6.07, 6.45) is 0.630. The Morgan fingerprint density at radius 1 is 1.15 bits per heavy atom. The average Bonchev–Trinajstić information content (AvgIpc) is 2.64. The Bertz CT molecular complexity index is 793. The van der Waals surface area contributed by atoms with Gasteiger partial charge in [0.05, 0.1) is 11.6 Å². The molecule has 2 rings (SSSR count). The first-order valence-corrected chi connectivity index (χ1v) is 8.25. The Morgan fingerprint density at radius 2 is 1.92 bits per heavy atom. The van der Waals surface area contributed by atoms with Gasteiger partial charge < -0.3 is 14.8 Å². The molecule has 7 heteroatoms. The lowest BCUT2D eigenvalue weighted by Gasteiger charge is -2.15. The van der Waals surface area contributed by atoms with E-state index in [-0.39, 0.29) is 11.8 Å². The average molecular weight is 376 g/mol. The van der Waals surface area contributed by atoms with Crippen LogP contribution in [0.4, 0.5) is 0 Å². The van der Waals surface area contributed by atoms with Gasteiger partial charge in [0.25, 0.3) is 5.91 Å². The fraction of sp³-hybridized carbons (Fsp3) is 0.211. The highest BCUT2D eigenvalue weighted by Crippen LogP contribution is 2.17. The van der Waals surface area contributed by atoms with Crippen LogP contribution in [0.1, 0.15) is 28.9 Å². The Balaban J connectivity index is 1.76. The van der Waals surface area contributed by atoms with Crippen LogP contribution in [0.25, 0.3) is 0 Å². The van der Waals surface area contributed by atoms with Crippen molar-refractivity contribution >= 4 is 29.8 Å². The van der Waals surface area contributed by atoms with Crippen LogP contribution in [0.5, 0.6) is 5.75 Å². The predicted molar refractivity (Wildman–Crippen MR) is 96.3 cm³/mol. The number of amides is 1. The molecule has 26 heavy (non-hydrogen) atoms. The molecular formula is C19H18ClNO5. The van der Waals surface area contributed by atoms with Crippen LogP contribution in [0.15, 0.2) is 48.5 Å². The maximum absolute atomic E-state index is 11.9. The van der Waals surface area contributed by atoms with Crippen molar-refractivity contribution in [2.45, 2.75) is 13.0 Å². The summed E-state index contributed by atoms with van der Waals surface area (Å²) in [4.78, 5) is 34.4. The number of carbonyl (C=O) groups excluding carboxylic acids is 3. The van der Waals surface area contributed by atoms with Crippen molar-refractivity contribution in [2.24, 2.45) is 0 Å². The minimum absolute atomic E-state index is 0.276. The summed E-state index contributed by atoms with van der Waals surface area (Å²) in [5.41, 5.74) is 1.17. The first-order chi connectivity index (χ1) is 12.5. The maximum Gasteiger partial charge on any atom is 0.344 e. The molecule has 0 aliphatic rings. The molecule has 0 spiro atoms. The van der Waals surface area contributed by atoms with Crippen LogP contribution in [-0.2, 0) is 14.3 Å². The van der Waals surface area contributed by atoms with E-state index in [1.165, 1.54) is 0 Å². The zero-order chi connectivity index (χ0) is 18.9. The highest BCUT2D eigenvalue weighted by molar-refractivity contribution is 6.30. The summed E-state index contributed by atoms with van der Waals surface area (Å²) in [5, 5.41) is 3.28. The molecule has 6 nitrogen and oxygen atoms in total.